The zero-order valence-electron chi connectivity index (χ0n) is 8.26. The van der Waals surface area contributed by atoms with Gasteiger partial charge in [-0.15, -0.1) is 13.2 Å². The fourth-order valence-corrected chi connectivity index (χ4v) is 0.986. The molecule has 4 nitrogen and oxygen atoms in total. The summed E-state index contributed by atoms with van der Waals surface area (Å²) in [5.41, 5.74) is -1.09. The van der Waals surface area contributed by atoms with Crippen LogP contribution in [0.3, 0.4) is 0 Å². The van der Waals surface area contributed by atoms with E-state index in [1.807, 2.05) is 0 Å². The van der Waals surface area contributed by atoms with Crippen LogP contribution in [0, 0.1) is 0 Å². The number of hydrogen-bond donors (Lipinski definition) is 1. The molecular weight excluding hydrogens is 253 g/mol. The molecule has 0 aliphatic heterocycles. The number of alkyl halides is 5. The molecule has 96 valence electrons. The Balaban J connectivity index is 3.19. The number of nitrogens with zero attached hydrogens (tertiary/aromatic N) is 1. The second-order valence-electron chi connectivity index (χ2n) is 2.75. The molecule has 0 aliphatic rings. The van der Waals surface area contributed by atoms with E-state index in [9.17, 15) is 22.0 Å². The van der Waals surface area contributed by atoms with Gasteiger partial charge in [-0.1, -0.05) is 0 Å². The molecule has 1 aromatic rings. The SMILES string of the molecule is COc1nc(C(F)F)c(O)cc1OC(F)(F)F. The molecule has 0 atom stereocenters. The number of hydrogen-bond acceptors (Lipinski definition) is 4. The first-order valence-electron chi connectivity index (χ1n) is 4.06. The summed E-state index contributed by atoms with van der Waals surface area (Å²) in [4.78, 5) is 3.03. The Morgan fingerprint density at radius 3 is 2.35 bits per heavy atom. The third-order valence-corrected chi connectivity index (χ3v) is 1.59. The normalized spacial score (nSPS) is 11.7. The van der Waals surface area contributed by atoms with Crippen LogP contribution in [0.25, 0.3) is 0 Å². The molecule has 0 fully saturated rings. The van der Waals surface area contributed by atoms with E-state index in [0.717, 1.165) is 7.11 Å². The summed E-state index contributed by atoms with van der Waals surface area (Å²) >= 11 is 0. The van der Waals surface area contributed by atoms with Crippen molar-refractivity contribution >= 4 is 0 Å². The van der Waals surface area contributed by atoms with Crippen LogP contribution in [0.4, 0.5) is 22.0 Å². The lowest BCUT2D eigenvalue weighted by Crippen LogP contribution is -2.18. The molecule has 0 amide bonds. The van der Waals surface area contributed by atoms with E-state index in [4.69, 9.17) is 5.11 Å². The first-order chi connectivity index (χ1) is 7.74. The molecule has 17 heavy (non-hydrogen) atoms. The van der Waals surface area contributed by atoms with Crippen LogP contribution < -0.4 is 9.47 Å². The minimum Gasteiger partial charge on any atom is -0.506 e. The average molecular weight is 259 g/mol. The van der Waals surface area contributed by atoms with Gasteiger partial charge in [-0.05, 0) is 0 Å². The van der Waals surface area contributed by atoms with Gasteiger partial charge in [0.25, 0.3) is 12.3 Å². The van der Waals surface area contributed by atoms with Crippen molar-refractivity contribution in [1.82, 2.24) is 4.98 Å². The maximum Gasteiger partial charge on any atom is 0.573 e. The van der Waals surface area contributed by atoms with E-state index in [1.165, 1.54) is 0 Å². The summed E-state index contributed by atoms with van der Waals surface area (Å²) in [6.07, 6.45) is -8.20. The Morgan fingerprint density at radius 2 is 1.94 bits per heavy atom. The van der Waals surface area contributed by atoms with Gasteiger partial charge < -0.3 is 14.6 Å². The number of aromatic nitrogens is 1. The molecule has 0 aromatic carbocycles. The Kier molecular flexibility index (Phi) is 3.59. The minimum atomic E-state index is -5.05. The highest BCUT2D eigenvalue weighted by Gasteiger charge is 2.34. The molecule has 0 spiro atoms. The quantitative estimate of drug-likeness (QED) is 0.848. The van der Waals surface area contributed by atoms with E-state index < -0.39 is 35.9 Å². The zero-order valence-corrected chi connectivity index (χ0v) is 8.26. The number of rotatable bonds is 3. The van der Waals surface area contributed by atoms with Crippen LogP contribution in [0.5, 0.6) is 17.4 Å². The van der Waals surface area contributed by atoms with Crippen molar-refractivity contribution in [2.24, 2.45) is 0 Å². The van der Waals surface area contributed by atoms with Gasteiger partial charge in [-0.3, -0.25) is 0 Å². The van der Waals surface area contributed by atoms with Crippen LogP contribution in [-0.2, 0) is 0 Å². The molecule has 1 rings (SSSR count). The lowest BCUT2D eigenvalue weighted by atomic mass is 10.3. The van der Waals surface area contributed by atoms with Crippen molar-refractivity contribution < 1.29 is 36.5 Å². The Labute approximate surface area is 91.6 Å². The van der Waals surface area contributed by atoms with Gasteiger partial charge in [0.2, 0.25) is 0 Å². The number of aromatic hydroxyl groups is 1. The van der Waals surface area contributed by atoms with Crippen LogP contribution in [-0.4, -0.2) is 23.6 Å². The predicted molar refractivity (Wildman–Crippen MR) is 44.1 cm³/mol. The summed E-state index contributed by atoms with van der Waals surface area (Å²) in [5, 5.41) is 9.03. The molecule has 1 N–H and O–H groups in total. The van der Waals surface area contributed by atoms with Crippen LogP contribution in [0.15, 0.2) is 6.07 Å². The van der Waals surface area contributed by atoms with E-state index >= 15 is 0 Å². The first-order valence-corrected chi connectivity index (χ1v) is 4.06. The number of halogens is 5. The summed E-state index contributed by atoms with van der Waals surface area (Å²) in [5.74, 6) is -2.91. The smallest absolute Gasteiger partial charge is 0.506 e. The molecule has 0 bridgehead atoms. The average Bonchev–Trinajstić information content (AvgIpc) is 2.14. The van der Waals surface area contributed by atoms with Crippen molar-refractivity contribution in [3.63, 3.8) is 0 Å². The fraction of sp³-hybridized carbons (Fsp3) is 0.375. The standard InChI is InChI=1S/C8H6F5NO3/c1-16-7-4(17-8(11,12)13)2-3(15)5(14-7)6(9)10/h2,6,15H,1H3. The maximum absolute atomic E-state index is 12.3. The molecule has 1 aromatic heterocycles. The molecule has 1 heterocycles. The second kappa shape index (κ2) is 4.60. The second-order valence-corrected chi connectivity index (χ2v) is 2.75. The third kappa shape index (κ3) is 3.33. The summed E-state index contributed by atoms with van der Waals surface area (Å²) < 4.78 is 68.1. The van der Waals surface area contributed by atoms with E-state index in [2.05, 4.69) is 14.5 Å². The number of ether oxygens (including phenoxy) is 2. The Hall–Kier alpha value is -1.80. The molecule has 0 saturated carbocycles. The highest BCUT2D eigenvalue weighted by molar-refractivity contribution is 5.43. The Bertz CT molecular complexity index is 407. The van der Waals surface area contributed by atoms with Gasteiger partial charge in [-0.2, -0.15) is 0 Å². The summed E-state index contributed by atoms with van der Waals surface area (Å²) in [6, 6.07) is 0.362. The molecule has 0 radical (unpaired) electrons. The van der Waals surface area contributed by atoms with E-state index in [1.54, 1.807) is 0 Å². The van der Waals surface area contributed by atoms with Crippen molar-refractivity contribution in [3.8, 4) is 17.4 Å². The topological polar surface area (TPSA) is 51.6 Å². The largest absolute Gasteiger partial charge is 0.573 e. The van der Waals surface area contributed by atoms with Gasteiger partial charge in [0, 0.05) is 6.07 Å². The van der Waals surface area contributed by atoms with Gasteiger partial charge in [-0.25, -0.2) is 13.8 Å². The van der Waals surface area contributed by atoms with Crippen LogP contribution >= 0.6 is 0 Å². The van der Waals surface area contributed by atoms with Crippen molar-refractivity contribution in [3.05, 3.63) is 11.8 Å². The molecule has 0 aliphatic carbocycles. The van der Waals surface area contributed by atoms with Crippen molar-refractivity contribution in [1.29, 1.82) is 0 Å². The minimum absolute atomic E-state index is 0.362. The van der Waals surface area contributed by atoms with Crippen LogP contribution in [0.2, 0.25) is 0 Å². The van der Waals surface area contributed by atoms with Gasteiger partial charge in [0.1, 0.15) is 5.75 Å². The Morgan fingerprint density at radius 1 is 1.35 bits per heavy atom. The van der Waals surface area contributed by atoms with Gasteiger partial charge in [0.05, 0.1) is 7.11 Å². The predicted octanol–water partition coefficient (Wildman–Crippen LogP) is 2.63. The van der Waals surface area contributed by atoms with Gasteiger partial charge >= 0.3 is 6.36 Å². The highest BCUT2D eigenvalue weighted by Crippen LogP contribution is 2.37. The van der Waals surface area contributed by atoms with Crippen molar-refractivity contribution in [2.45, 2.75) is 12.8 Å². The number of methoxy groups -OCH3 is 1. The molecule has 9 heteroatoms. The monoisotopic (exact) mass is 259 g/mol. The molecule has 0 saturated heterocycles. The van der Waals surface area contributed by atoms with E-state index in [0.29, 0.717) is 6.07 Å². The van der Waals surface area contributed by atoms with Gasteiger partial charge in [0.15, 0.2) is 11.4 Å². The molecule has 0 unspecified atom stereocenters. The summed E-state index contributed by atoms with van der Waals surface area (Å²) in [6.45, 7) is 0. The summed E-state index contributed by atoms with van der Waals surface area (Å²) in [7, 11) is 0.928. The highest BCUT2D eigenvalue weighted by atomic mass is 19.4. The van der Waals surface area contributed by atoms with E-state index in [-0.39, 0.29) is 0 Å². The fourth-order valence-electron chi connectivity index (χ4n) is 0.986. The zero-order chi connectivity index (χ0) is 13.2. The van der Waals surface area contributed by atoms with Crippen molar-refractivity contribution in [2.75, 3.05) is 7.11 Å². The maximum atomic E-state index is 12.3. The lowest BCUT2D eigenvalue weighted by Gasteiger charge is -2.13. The first kappa shape index (κ1) is 13.3. The third-order valence-electron chi connectivity index (χ3n) is 1.59. The molecular formula is C8H6F5NO3. The lowest BCUT2D eigenvalue weighted by molar-refractivity contribution is -0.275. The number of pyridine rings is 1. The van der Waals surface area contributed by atoms with Crippen LogP contribution in [0.1, 0.15) is 12.1 Å².